The normalized spacial score (nSPS) is 10.4. The zero-order valence-electron chi connectivity index (χ0n) is 11.7. The number of hydrogen-bond acceptors (Lipinski definition) is 3. The van der Waals surface area contributed by atoms with Crippen LogP contribution in [0.5, 0.6) is 11.5 Å². The maximum Gasteiger partial charge on any atom is 0.163 e. The van der Waals surface area contributed by atoms with Crippen molar-refractivity contribution in [2.45, 2.75) is 13.5 Å². The average Bonchev–Trinajstić information content (AvgIpc) is 2.49. The van der Waals surface area contributed by atoms with Crippen molar-refractivity contribution in [3.05, 3.63) is 57.3 Å². The van der Waals surface area contributed by atoms with Gasteiger partial charge >= 0.3 is 0 Å². The van der Waals surface area contributed by atoms with Gasteiger partial charge in [-0.2, -0.15) is 0 Å². The number of ether oxygens (including phenoxy) is 2. The molecule has 0 spiro atoms. The SMILES string of the molecule is CCOc1cc(C=O)c(Cl)cc1OCc1c(F)cccc1Cl. The third kappa shape index (κ3) is 3.70. The maximum atomic E-state index is 13.7. The molecular formula is C16H13Cl2FO3. The first kappa shape index (κ1) is 16.6. The van der Waals surface area contributed by atoms with Gasteiger partial charge in [0, 0.05) is 17.2 Å². The summed E-state index contributed by atoms with van der Waals surface area (Å²) in [5, 5.41) is 0.502. The van der Waals surface area contributed by atoms with Crippen molar-refractivity contribution in [1.82, 2.24) is 0 Å². The van der Waals surface area contributed by atoms with Gasteiger partial charge in [-0.05, 0) is 25.1 Å². The Morgan fingerprint density at radius 2 is 1.86 bits per heavy atom. The fourth-order valence-corrected chi connectivity index (χ4v) is 2.26. The van der Waals surface area contributed by atoms with Crippen LogP contribution in [0.3, 0.4) is 0 Å². The Bertz CT molecular complexity index is 669. The fraction of sp³-hybridized carbons (Fsp3) is 0.188. The lowest BCUT2D eigenvalue weighted by molar-refractivity contribution is 0.112. The molecule has 0 unspecified atom stereocenters. The second-order valence-electron chi connectivity index (χ2n) is 4.36. The first-order chi connectivity index (χ1) is 10.6. The van der Waals surface area contributed by atoms with Crippen molar-refractivity contribution in [3.63, 3.8) is 0 Å². The smallest absolute Gasteiger partial charge is 0.163 e. The summed E-state index contributed by atoms with van der Waals surface area (Å²) < 4.78 is 24.7. The zero-order chi connectivity index (χ0) is 16.1. The second kappa shape index (κ2) is 7.47. The quantitative estimate of drug-likeness (QED) is 0.698. The molecule has 0 atom stereocenters. The van der Waals surface area contributed by atoms with E-state index in [1.165, 1.54) is 24.3 Å². The number of carbonyl (C=O) groups excluding carboxylic acids is 1. The molecule has 2 aromatic carbocycles. The van der Waals surface area contributed by atoms with E-state index in [2.05, 4.69) is 0 Å². The molecule has 0 radical (unpaired) electrons. The van der Waals surface area contributed by atoms with Crippen molar-refractivity contribution >= 4 is 29.5 Å². The lowest BCUT2D eigenvalue weighted by Gasteiger charge is -2.14. The molecule has 0 bridgehead atoms. The number of rotatable bonds is 6. The maximum absolute atomic E-state index is 13.7. The Morgan fingerprint density at radius 1 is 1.14 bits per heavy atom. The van der Waals surface area contributed by atoms with Crippen LogP contribution in [0.4, 0.5) is 4.39 Å². The van der Waals surface area contributed by atoms with Gasteiger partial charge < -0.3 is 9.47 Å². The van der Waals surface area contributed by atoms with E-state index in [1.807, 2.05) is 0 Å². The molecule has 116 valence electrons. The third-order valence-electron chi connectivity index (χ3n) is 2.92. The predicted octanol–water partition coefficient (Wildman–Crippen LogP) is 4.92. The molecule has 2 aromatic rings. The van der Waals surface area contributed by atoms with Gasteiger partial charge in [0.25, 0.3) is 0 Å². The van der Waals surface area contributed by atoms with Crippen LogP contribution in [0.15, 0.2) is 30.3 Å². The number of halogens is 3. The highest BCUT2D eigenvalue weighted by Crippen LogP contribution is 2.34. The minimum atomic E-state index is -0.457. The Hall–Kier alpha value is -1.78. The van der Waals surface area contributed by atoms with Crippen LogP contribution in [0, 0.1) is 5.82 Å². The van der Waals surface area contributed by atoms with Crippen LogP contribution in [-0.4, -0.2) is 12.9 Å². The number of carbonyl (C=O) groups is 1. The predicted molar refractivity (Wildman–Crippen MR) is 83.8 cm³/mol. The Morgan fingerprint density at radius 3 is 2.50 bits per heavy atom. The van der Waals surface area contributed by atoms with Crippen LogP contribution in [0.2, 0.25) is 10.0 Å². The molecule has 3 nitrogen and oxygen atoms in total. The molecule has 0 saturated carbocycles. The largest absolute Gasteiger partial charge is 0.490 e. The molecular weight excluding hydrogens is 330 g/mol. The van der Waals surface area contributed by atoms with Gasteiger partial charge in [0.05, 0.1) is 16.7 Å². The van der Waals surface area contributed by atoms with Crippen LogP contribution < -0.4 is 9.47 Å². The summed E-state index contributed by atoms with van der Waals surface area (Å²) in [5.41, 5.74) is 0.531. The van der Waals surface area contributed by atoms with Crippen LogP contribution in [-0.2, 0) is 6.61 Å². The van der Waals surface area contributed by atoms with E-state index in [1.54, 1.807) is 13.0 Å². The number of aldehydes is 1. The Balaban J connectivity index is 2.28. The van der Waals surface area contributed by atoms with Gasteiger partial charge in [-0.25, -0.2) is 4.39 Å². The summed E-state index contributed by atoms with van der Waals surface area (Å²) in [6.45, 7) is 2.10. The highest BCUT2D eigenvalue weighted by Gasteiger charge is 2.13. The van der Waals surface area contributed by atoms with Crippen LogP contribution in [0.25, 0.3) is 0 Å². The van der Waals surface area contributed by atoms with Crippen LogP contribution in [0.1, 0.15) is 22.8 Å². The van der Waals surface area contributed by atoms with E-state index in [-0.39, 0.29) is 22.2 Å². The van der Waals surface area contributed by atoms with E-state index in [4.69, 9.17) is 32.7 Å². The van der Waals surface area contributed by atoms with Gasteiger partial charge in [0.2, 0.25) is 0 Å². The molecule has 0 aliphatic heterocycles. The van der Waals surface area contributed by atoms with E-state index in [0.29, 0.717) is 30.0 Å². The van der Waals surface area contributed by atoms with Crippen molar-refractivity contribution in [2.24, 2.45) is 0 Å². The van der Waals surface area contributed by atoms with Gasteiger partial charge in [-0.15, -0.1) is 0 Å². The van der Waals surface area contributed by atoms with E-state index in [0.717, 1.165) is 0 Å². The molecule has 6 heteroatoms. The van der Waals surface area contributed by atoms with E-state index >= 15 is 0 Å². The first-order valence-electron chi connectivity index (χ1n) is 6.54. The number of hydrogen-bond donors (Lipinski definition) is 0. The standard InChI is InChI=1S/C16H13Cl2FO3/c1-2-21-15-6-10(8-20)13(18)7-16(15)22-9-11-12(17)4-3-5-14(11)19/h3-8H,2,9H2,1H3. The summed E-state index contributed by atoms with van der Waals surface area (Å²) in [4.78, 5) is 10.9. The monoisotopic (exact) mass is 342 g/mol. The summed E-state index contributed by atoms with van der Waals surface area (Å²) in [6.07, 6.45) is 0.627. The van der Waals surface area contributed by atoms with Gasteiger partial charge in [0.15, 0.2) is 17.8 Å². The molecule has 22 heavy (non-hydrogen) atoms. The minimum Gasteiger partial charge on any atom is -0.490 e. The highest BCUT2D eigenvalue weighted by molar-refractivity contribution is 6.33. The first-order valence-corrected chi connectivity index (χ1v) is 7.29. The lowest BCUT2D eigenvalue weighted by Crippen LogP contribution is -2.03. The molecule has 0 aliphatic rings. The van der Waals surface area contributed by atoms with Crippen molar-refractivity contribution in [3.8, 4) is 11.5 Å². The molecule has 0 saturated heterocycles. The lowest BCUT2D eigenvalue weighted by atomic mass is 10.2. The van der Waals surface area contributed by atoms with E-state index < -0.39 is 5.82 Å². The van der Waals surface area contributed by atoms with Gasteiger partial charge in [0.1, 0.15) is 12.4 Å². The topological polar surface area (TPSA) is 35.5 Å². The summed E-state index contributed by atoms with van der Waals surface area (Å²) in [6, 6.07) is 7.34. The third-order valence-corrected chi connectivity index (χ3v) is 3.60. The molecule has 0 aliphatic carbocycles. The zero-order valence-corrected chi connectivity index (χ0v) is 13.2. The highest BCUT2D eigenvalue weighted by atomic mass is 35.5. The fourth-order valence-electron chi connectivity index (χ4n) is 1.84. The molecule has 0 fully saturated rings. The van der Waals surface area contributed by atoms with Crippen molar-refractivity contribution in [2.75, 3.05) is 6.61 Å². The summed E-state index contributed by atoms with van der Waals surface area (Å²) in [5.74, 6) is 0.222. The molecule has 0 amide bonds. The summed E-state index contributed by atoms with van der Waals surface area (Å²) in [7, 11) is 0. The van der Waals surface area contributed by atoms with Crippen molar-refractivity contribution in [1.29, 1.82) is 0 Å². The Labute approximate surface area is 137 Å². The van der Waals surface area contributed by atoms with Crippen molar-refractivity contribution < 1.29 is 18.7 Å². The molecule has 0 heterocycles. The number of benzene rings is 2. The average molecular weight is 343 g/mol. The molecule has 2 rings (SSSR count). The summed E-state index contributed by atoms with van der Waals surface area (Å²) >= 11 is 11.9. The second-order valence-corrected chi connectivity index (χ2v) is 5.17. The minimum absolute atomic E-state index is 0.0810. The molecule has 0 N–H and O–H groups in total. The Kier molecular flexibility index (Phi) is 5.63. The van der Waals surface area contributed by atoms with Crippen LogP contribution >= 0.6 is 23.2 Å². The van der Waals surface area contributed by atoms with E-state index in [9.17, 15) is 9.18 Å². The van der Waals surface area contributed by atoms with Gasteiger partial charge in [-0.1, -0.05) is 29.3 Å². The molecule has 0 aromatic heterocycles. The van der Waals surface area contributed by atoms with Gasteiger partial charge in [-0.3, -0.25) is 4.79 Å².